The molecule has 2 aromatic rings. The first-order valence-electron chi connectivity index (χ1n) is 11.7. The summed E-state index contributed by atoms with van der Waals surface area (Å²) in [6, 6.07) is 14.5. The Bertz CT molecular complexity index is 924. The molecular weight excluding hydrogens is 436 g/mol. The van der Waals surface area contributed by atoms with Crippen LogP contribution in [0.25, 0.3) is 0 Å². The molecule has 0 saturated carbocycles. The van der Waals surface area contributed by atoms with Gasteiger partial charge in [-0.15, -0.1) is 0 Å². The average molecular weight is 473 g/mol. The minimum absolute atomic E-state index is 0.123. The lowest BCUT2D eigenvalue weighted by molar-refractivity contribution is -0.143. The van der Waals surface area contributed by atoms with Crippen LogP contribution in [0.3, 0.4) is 0 Å². The maximum absolute atomic E-state index is 13.4. The Labute approximate surface area is 203 Å². The summed E-state index contributed by atoms with van der Waals surface area (Å²) in [6.45, 7) is 11.0. The van der Waals surface area contributed by atoms with Crippen molar-refractivity contribution in [2.45, 2.75) is 71.9 Å². The Kier molecular flexibility index (Phi) is 10.2. The van der Waals surface area contributed by atoms with Crippen molar-refractivity contribution < 1.29 is 14.3 Å². The maximum atomic E-state index is 13.4. The van der Waals surface area contributed by atoms with Gasteiger partial charge in [0.15, 0.2) is 6.61 Å². The third-order valence-electron chi connectivity index (χ3n) is 5.56. The van der Waals surface area contributed by atoms with E-state index in [1.165, 1.54) is 0 Å². The van der Waals surface area contributed by atoms with Crippen molar-refractivity contribution in [3.05, 3.63) is 64.7 Å². The molecule has 0 aliphatic rings. The summed E-state index contributed by atoms with van der Waals surface area (Å²) in [4.78, 5) is 27.9. The first-order valence-corrected chi connectivity index (χ1v) is 12.1. The SMILES string of the molecule is CCCCNC(=O)[C@H](CC)N(Cc1ccccc1Cl)C(=O)COc1ccccc1C(C)(C)C. The highest BCUT2D eigenvalue weighted by atomic mass is 35.5. The molecule has 1 atom stereocenters. The van der Waals surface area contributed by atoms with Gasteiger partial charge in [-0.1, -0.05) is 89.0 Å². The van der Waals surface area contributed by atoms with Gasteiger partial charge in [0.05, 0.1) is 0 Å². The third kappa shape index (κ3) is 7.78. The van der Waals surface area contributed by atoms with E-state index in [0.717, 1.165) is 24.0 Å². The molecule has 0 bridgehead atoms. The largest absolute Gasteiger partial charge is 0.483 e. The van der Waals surface area contributed by atoms with Crippen molar-refractivity contribution in [1.82, 2.24) is 10.2 Å². The molecule has 0 spiro atoms. The number of nitrogens with zero attached hydrogens (tertiary/aromatic N) is 1. The lowest BCUT2D eigenvalue weighted by Crippen LogP contribution is -2.50. The van der Waals surface area contributed by atoms with Crippen molar-refractivity contribution in [3.63, 3.8) is 0 Å². The van der Waals surface area contributed by atoms with E-state index in [-0.39, 0.29) is 30.4 Å². The molecule has 0 aliphatic heterocycles. The van der Waals surface area contributed by atoms with Gasteiger partial charge in [0.25, 0.3) is 5.91 Å². The van der Waals surface area contributed by atoms with E-state index in [2.05, 4.69) is 33.0 Å². The van der Waals surface area contributed by atoms with E-state index in [1.807, 2.05) is 49.4 Å². The molecular formula is C27H37ClN2O3. The number of amides is 2. The molecule has 180 valence electrons. The van der Waals surface area contributed by atoms with Crippen LogP contribution < -0.4 is 10.1 Å². The van der Waals surface area contributed by atoms with Gasteiger partial charge in [0, 0.05) is 18.1 Å². The van der Waals surface area contributed by atoms with Gasteiger partial charge in [-0.25, -0.2) is 0 Å². The van der Waals surface area contributed by atoms with Gasteiger partial charge in [-0.2, -0.15) is 0 Å². The van der Waals surface area contributed by atoms with Crippen LogP contribution in [0.1, 0.15) is 65.0 Å². The van der Waals surface area contributed by atoms with Crippen LogP contribution in [0.15, 0.2) is 48.5 Å². The molecule has 2 rings (SSSR count). The maximum Gasteiger partial charge on any atom is 0.261 e. The molecule has 6 heteroatoms. The summed E-state index contributed by atoms with van der Waals surface area (Å²) in [6.07, 6.45) is 2.38. The normalized spacial score (nSPS) is 12.2. The molecule has 0 unspecified atom stereocenters. The number of nitrogens with one attached hydrogen (secondary N) is 1. The zero-order valence-electron chi connectivity index (χ0n) is 20.5. The third-order valence-corrected chi connectivity index (χ3v) is 5.93. The number of benzene rings is 2. The molecule has 0 fully saturated rings. The Morgan fingerprint density at radius 2 is 1.73 bits per heavy atom. The average Bonchev–Trinajstić information content (AvgIpc) is 2.78. The first kappa shape index (κ1) is 26.7. The molecule has 1 N–H and O–H groups in total. The van der Waals surface area contributed by atoms with Gasteiger partial charge in [0.1, 0.15) is 11.8 Å². The molecule has 0 saturated heterocycles. The summed E-state index contributed by atoms with van der Waals surface area (Å²) >= 11 is 6.38. The predicted octanol–water partition coefficient (Wildman–Crippen LogP) is 5.74. The molecule has 0 aromatic heterocycles. The van der Waals surface area contributed by atoms with E-state index >= 15 is 0 Å². The number of hydrogen-bond acceptors (Lipinski definition) is 3. The minimum Gasteiger partial charge on any atom is -0.483 e. The second kappa shape index (κ2) is 12.6. The van der Waals surface area contributed by atoms with Crippen LogP contribution in [0.2, 0.25) is 5.02 Å². The number of halogens is 1. The second-order valence-corrected chi connectivity index (χ2v) is 9.62. The van der Waals surface area contributed by atoms with Crippen LogP contribution in [-0.2, 0) is 21.5 Å². The zero-order chi connectivity index (χ0) is 24.4. The van der Waals surface area contributed by atoms with Crippen molar-refractivity contribution in [2.24, 2.45) is 0 Å². The van der Waals surface area contributed by atoms with Crippen LogP contribution in [-0.4, -0.2) is 35.9 Å². The Balaban J connectivity index is 2.26. The van der Waals surface area contributed by atoms with E-state index in [0.29, 0.717) is 23.7 Å². The van der Waals surface area contributed by atoms with Crippen molar-refractivity contribution in [2.75, 3.05) is 13.2 Å². The first-order chi connectivity index (χ1) is 15.7. The summed E-state index contributed by atoms with van der Waals surface area (Å²) in [5, 5.41) is 3.53. The second-order valence-electron chi connectivity index (χ2n) is 9.22. The number of para-hydroxylation sites is 1. The van der Waals surface area contributed by atoms with Crippen molar-refractivity contribution in [3.8, 4) is 5.75 Å². The highest BCUT2D eigenvalue weighted by molar-refractivity contribution is 6.31. The molecule has 2 amide bonds. The summed E-state index contributed by atoms with van der Waals surface area (Å²) in [5.74, 6) is 0.272. The number of ether oxygens (including phenoxy) is 1. The van der Waals surface area contributed by atoms with E-state index in [9.17, 15) is 9.59 Å². The monoisotopic (exact) mass is 472 g/mol. The number of carbonyl (C=O) groups is 2. The molecule has 2 aromatic carbocycles. The number of carbonyl (C=O) groups excluding carboxylic acids is 2. The van der Waals surface area contributed by atoms with E-state index in [4.69, 9.17) is 16.3 Å². The number of unbranched alkanes of at least 4 members (excludes halogenated alkanes) is 1. The molecule has 0 radical (unpaired) electrons. The van der Waals surface area contributed by atoms with Crippen molar-refractivity contribution >= 4 is 23.4 Å². The topological polar surface area (TPSA) is 58.6 Å². The highest BCUT2D eigenvalue weighted by Crippen LogP contribution is 2.31. The smallest absolute Gasteiger partial charge is 0.261 e. The van der Waals surface area contributed by atoms with Crippen LogP contribution >= 0.6 is 11.6 Å². The molecule has 5 nitrogen and oxygen atoms in total. The Morgan fingerprint density at radius 1 is 1.06 bits per heavy atom. The lowest BCUT2D eigenvalue weighted by atomic mass is 9.86. The van der Waals surface area contributed by atoms with Gasteiger partial charge in [-0.05, 0) is 41.5 Å². The fraction of sp³-hybridized carbons (Fsp3) is 0.481. The Morgan fingerprint density at radius 3 is 2.36 bits per heavy atom. The van der Waals surface area contributed by atoms with Crippen molar-refractivity contribution in [1.29, 1.82) is 0 Å². The zero-order valence-corrected chi connectivity index (χ0v) is 21.2. The fourth-order valence-corrected chi connectivity index (χ4v) is 3.87. The standard InChI is InChI=1S/C27H37ClN2O3/c1-6-8-17-29-26(32)23(7-2)30(18-20-13-9-11-15-22(20)28)25(31)19-33-24-16-12-10-14-21(24)27(3,4)5/h9-16,23H,6-8,17-19H2,1-5H3,(H,29,32)/t23-/m0/s1. The Hall–Kier alpha value is -2.53. The minimum atomic E-state index is -0.605. The molecule has 0 aliphatic carbocycles. The van der Waals surface area contributed by atoms with E-state index in [1.54, 1.807) is 11.0 Å². The lowest BCUT2D eigenvalue weighted by Gasteiger charge is -2.31. The van der Waals surface area contributed by atoms with E-state index < -0.39 is 6.04 Å². The molecule has 33 heavy (non-hydrogen) atoms. The van der Waals surface area contributed by atoms with Crippen LogP contribution in [0.5, 0.6) is 5.75 Å². The quantitative estimate of drug-likeness (QED) is 0.424. The number of rotatable bonds is 11. The summed E-state index contributed by atoms with van der Waals surface area (Å²) in [7, 11) is 0. The predicted molar refractivity (Wildman–Crippen MR) is 135 cm³/mol. The van der Waals surface area contributed by atoms with Gasteiger partial charge in [-0.3, -0.25) is 9.59 Å². The van der Waals surface area contributed by atoms with Gasteiger partial charge in [0.2, 0.25) is 5.91 Å². The summed E-state index contributed by atoms with van der Waals surface area (Å²) in [5.41, 5.74) is 1.70. The summed E-state index contributed by atoms with van der Waals surface area (Å²) < 4.78 is 5.99. The van der Waals surface area contributed by atoms with Crippen LogP contribution in [0.4, 0.5) is 0 Å². The van der Waals surface area contributed by atoms with Crippen LogP contribution in [0, 0.1) is 0 Å². The fourth-order valence-electron chi connectivity index (χ4n) is 3.67. The highest BCUT2D eigenvalue weighted by Gasteiger charge is 2.29. The van der Waals surface area contributed by atoms with Gasteiger partial charge < -0.3 is 15.0 Å². The molecule has 0 heterocycles. The van der Waals surface area contributed by atoms with Gasteiger partial charge >= 0.3 is 0 Å². The number of hydrogen-bond donors (Lipinski definition) is 1.